The van der Waals surface area contributed by atoms with Crippen LogP contribution < -0.4 is 117 Å². The molecule has 0 aromatic heterocycles. The Kier molecular flexibility index (Phi) is 62.1. The lowest BCUT2D eigenvalue weighted by Gasteiger charge is -2.36. The number of unbranched alkanes of at least 4 members (excludes halogenated alkanes) is 3. The lowest BCUT2D eigenvalue weighted by molar-refractivity contribution is -0.136. The van der Waals surface area contributed by atoms with E-state index < -0.39 is 103 Å². The summed E-state index contributed by atoms with van der Waals surface area (Å²) in [6, 6.07) is -1.52. The second-order valence-corrected chi connectivity index (χ2v) is 24.2. The first-order valence-corrected chi connectivity index (χ1v) is 35.7. The van der Waals surface area contributed by atoms with Gasteiger partial charge in [-0.1, -0.05) is 18.8 Å². The predicted molar refractivity (Wildman–Crippen MR) is 420 cm³/mol. The number of rotatable bonds is 65. The standard InChI is InChI=1S/C59H115N27O17.C9H4/c60-52(61)79-21-15-73-44(89)9-27-97-35-58(36-98-28-10-45(90)74-16-22-80-53(62)63,37-99-29-11-46(91)75-17-23-81-54(64)65)33-41(87)7-8-43(85-50(95)6-4-2-1-3-5-42(88)34-103-72)51(96)86-59(38-100-30-12-47(92)76-18-24-82-55(66)67,39-101-31-13-48(93)77-19-25-83-56(68)69)40-102-32-14-49(94)78-20-26-84-57(70)71;1-3-5-7-9-8-6-4-2/h43H,1-40,72H2,(H,73,89)(H,74,90)(H,75,91)(H,76,92)(H,77,93)(H,78,94)(H,85,95)(H,86,96)(H4,60,61,79)(H4,62,63,80)(H4,64,65,81)(H4,66,67,82)(H4,68,69,83)(H4,70,71,84);1H,2H3/t43-;/m0./s1. The van der Waals surface area contributed by atoms with Gasteiger partial charge in [-0.25, -0.2) is 5.90 Å². The SMILES string of the molecule is C#CC#CC#CC#CC.NOCC(=O)CCCCCCC(=O)N[C@@H](CCC(=O)CC(COCCC(=O)NCCN=C(N)N)(COCCC(=O)NCCN=C(N)N)COCCC(=O)NCCN=C(N)N)C(=O)NC(COCCC(=O)NCCN=C(N)N)(COCCC(=O)NCCN=C(N)N)COCCC(=O)NCCN=C(N)N. The first-order valence-electron chi connectivity index (χ1n) is 35.7. The second kappa shape index (κ2) is 67.7. The molecule has 44 heteroatoms. The molecule has 628 valence electrons. The number of nitrogens with one attached hydrogen (secondary N) is 8. The topological polar surface area (TPSA) is 744 Å². The van der Waals surface area contributed by atoms with E-state index in [1.54, 1.807) is 6.92 Å². The van der Waals surface area contributed by atoms with Gasteiger partial charge in [0.1, 0.15) is 24.0 Å². The van der Waals surface area contributed by atoms with Crippen molar-refractivity contribution in [2.24, 2.45) is 110 Å². The maximum Gasteiger partial charge on any atom is 0.243 e. The average molecular weight is 1590 g/mol. The molecule has 0 heterocycles. The number of Topliss-reactive ketones (excluding diaryl/α,β-unsaturated/α-hetero) is 2. The molecule has 1 atom stereocenters. The summed E-state index contributed by atoms with van der Waals surface area (Å²) < 4.78 is 36.5. The number of amides is 8. The Morgan fingerprint density at radius 2 is 0.679 bits per heavy atom. The molecule has 0 rings (SSSR count). The third-order valence-corrected chi connectivity index (χ3v) is 14.2. The number of guanidine groups is 6. The van der Waals surface area contributed by atoms with Crippen LogP contribution in [0.25, 0.3) is 0 Å². The van der Waals surface area contributed by atoms with Crippen LogP contribution in [-0.2, 0) is 81.2 Å². The quantitative estimate of drug-likeness (QED) is 0.00884. The van der Waals surface area contributed by atoms with Crippen LogP contribution in [0.5, 0.6) is 0 Å². The Balaban J connectivity index is 0. The van der Waals surface area contributed by atoms with E-state index in [0.29, 0.717) is 25.7 Å². The van der Waals surface area contributed by atoms with Crippen molar-refractivity contribution in [1.29, 1.82) is 0 Å². The zero-order valence-electron chi connectivity index (χ0n) is 64.1. The molecule has 0 saturated carbocycles. The van der Waals surface area contributed by atoms with Gasteiger partial charge in [-0.2, -0.15) is 0 Å². The van der Waals surface area contributed by atoms with Crippen molar-refractivity contribution in [3.63, 3.8) is 0 Å². The zero-order valence-corrected chi connectivity index (χ0v) is 64.1. The highest BCUT2D eigenvalue weighted by atomic mass is 16.6. The Bertz CT molecular complexity index is 3040. The van der Waals surface area contributed by atoms with Crippen molar-refractivity contribution in [3.8, 4) is 47.9 Å². The molecule has 0 unspecified atom stereocenters. The molecule has 0 bridgehead atoms. The van der Waals surface area contributed by atoms with Crippen molar-refractivity contribution < 1.29 is 81.2 Å². The number of carbonyl (C=O) groups is 10. The lowest BCUT2D eigenvalue weighted by Crippen LogP contribution is -2.62. The largest absolute Gasteiger partial charge is 0.380 e. The van der Waals surface area contributed by atoms with Gasteiger partial charge in [-0.3, -0.25) is 82.7 Å². The number of ketones is 2. The summed E-state index contributed by atoms with van der Waals surface area (Å²) in [5.41, 5.74) is 61.7. The Morgan fingerprint density at radius 1 is 0.375 bits per heavy atom. The monoisotopic (exact) mass is 1590 g/mol. The molecule has 0 aromatic carbocycles. The minimum Gasteiger partial charge on any atom is -0.380 e. The predicted octanol–water partition coefficient (Wildman–Crippen LogP) is -9.72. The minimum atomic E-state index is -1.76. The van der Waals surface area contributed by atoms with E-state index >= 15 is 4.79 Å². The highest BCUT2D eigenvalue weighted by Crippen LogP contribution is 2.27. The first kappa shape index (κ1) is 103. The number of carbonyl (C=O) groups excluding carboxylic acids is 10. The maximum atomic E-state index is 15.2. The lowest BCUT2D eigenvalue weighted by atomic mass is 9.83. The van der Waals surface area contributed by atoms with Gasteiger partial charge in [0.2, 0.25) is 47.3 Å². The molecular formula is C68H119N27O17. The highest BCUT2D eigenvalue weighted by Gasteiger charge is 2.39. The number of nitrogens with zero attached hydrogens (tertiary/aromatic N) is 6. The highest BCUT2D eigenvalue weighted by molar-refractivity contribution is 5.89. The van der Waals surface area contributed by atoms with Crippen molar-refractivity contribution in [2.45, 2.75) is 115 Å². The molecule has 0 spiro atoms. The smallest absolute Gasteiger partial charge is 0.243 e. The van der Waals surface area contributed by atoms with Gasteiger partial charge >= 0.3 is 0 Å². The van der Waals surface area contributed by atoms with Crippen LogP contribution in [0.2, 0.25) is 0 Å². The van der Waals surface area contributed by atoms with Gasteiger partial charge in [0.25, 0.3) is 0 Å². The Labute approximate surface area is 653 Å². The fraction of sp³-hybridized carbons (Fsp3) is 0.647. The van der Waals surface area contributed by atoms with E-state index in [0.717, 1.165) is 0 Å². The second-order valence-electron chi connectivity index (χ2n) is 24.2. The summed E-state index contributed by atoms with van der Waals surface area (Å²) in [5.74, 6) is 16.1. The molecule has 0 radical (unpaired) electrons. The van der Waals surface area contributed by atoms with Crippen LogP contribution in [0.4, 0.5) is 0 Å². The maximum absolute atomic E-state index is 15.2. The van der Waals surface area contributed by atoms with Crippen LogP contribution in [0.1, 0.15) is 103 Å². The van der Waals surface area contributed by atoms with Gasteiger partial charge < -0.3 is 140 Å². The molecule has 0 saturated heterocycles. The van der Waals surface area contributed by atoms with Crippen LogP contribution in [-0.4, -0.2) is 271 Å². The normalized spacial score (nSPS) is 10.7. The number of aliphatic imine (C=N–C) groups is 6. The molecule has 44 nitrogen and oxygen atoms in total. The van der Waals surface area contributed by atoms with E-state index in [-0.39, 0.29) is 244 Å². The number of terminal acetylenes is 1. The molecule has 34 N–H and O–H groups in total. The van der Waals surface area contributed by atoms with E-state index in [2.05, 4.69) is 119 Å². The van der Waals surface area contributed by atoms with E-state index in [1.165, 1.54) is 0 Å². The molecule has 0 aliphatic heterocycles. The number of ether oxygens (including phenoxy) is 6. The van der Waals surface area contributed by atoms with Crippen molar-refractivity contribution in [3.05, 3.63) is 0 Å². The van der Waals surface area contributed by atoms with Crippen LogP contribution in [0, 0.1) is 53.3 Å². The van der Waals surface area contributed by atoms with Gasteiger partial charge in [0.15, 0.2) is 41.5 Å². The molecule has 0 fully saturated rings. The fourth-order valence-electron chi connectivity index (χ4n) is 9.00. The van der Waals surface area contributed by atoms with Crippen LogP contribution in [0.15, 0.2) is 30.0 Å². The van der Waals surface area contributed by atoms with Crippen LogP contribution in [0.3, 0.4) is 0 Å². The Morgan fingerprint density at radius 3 is 0.982 bits per heavy atom. The molecule has 112 heavy (non-hydrogen) atoms. The van der Waals surface area contributed by atoms with Gasteiger partial charge in [-0.05, 0) is 61.7 Å². The summed E-state index contributed by atoms with van der Waals surface area (Å²) in [7, 11) is 0. The Hall–Kier alpha value is -11.4. The molecule has 0 aromatic rings. The van der Waals surface area contributed by atoms with E-state index in [1.807, 2.05) is 0 Å². The summed E-state index contributed by atoms with van der Waals surface area (Å²) in [4.78, 5) is 161. The van der Waals surface area contributed by atoms with Gasteiger partial charge in [0.05, 0.1) is 119 Å². The summed E-state index contributed by atoms with van der Waals surface area (Å²) in [6.07, 6.45) is 4.41. The third-order valence-electron chi connectivity index (χ3n) is 14.2. The number of hydrogen-bond acceptors (Lipinski definition) is 24. The number of nitrogens with two attached hydrogens (primary N) is 13. The fourth-order valence-corrected chi connectivity index (χ4v) is 9.00. The van der Waals surface area contributed by atoms with Crippen molar-refractivity contribution >= 4 is 94.6 Å². The van der Waals surface area contributed by atoms with Crippen molar-refractivity contribution in [1.82, 2.24) is 42.5 Å². The van der Waals surface area contributed by atoms with Gasteiger partial charge in [-0.15, -0.1) is 6.42 Å². The summed E-state index contributed by atoms with van der Waals surface area (Å²) in [5, 5.41) is 21.6. The molecular weight excluding hydrogens is 1470 g/mol. The number of hydrogen-bond donors (Lipinski definition) is 21. The van der Waals surface area contributed by atoms with E-state index in [4.69, 9.17) is 110 Å². The van der Waals surface area contributed by atoms with Crippen molar-refractivity contribution in [2.75, 3.05) is 164 Å². The molecule has 0 aliphatic carbocycles. The zero-order chi connectivity index (χ0) is 83.9. The molecule has 0 aliphatic rings. The summed E-state index contributed by atoms with van der Waals surface area (Å²) >= 11 is 0. The summed E-state index contributed by atoms with van der Waals surface area (Å²) in [6.45, 7) is -1.07. The third kappa shape index (κ3) is 65.7. The minimum absolute atomic E-state index is 0.0830. The average Bonchev–Trinajstić information content (AvgIpc) is 0.851. The van der Waals surface area contributed by atoms with Crippen LogP contribution >= 0.6 is 0 Å². The molecule has 8 amide bonds. The van der Waals surface area contributed by atoms with Gasteiger partial charge in [0, 0.05) is 109 Å². The first-order chi connectivity index (χ1) is 53.5. The van der Waals surface area contributed by atoms with E-state index in [9.17, 15) is 43.2 Å².